The van der Waals surface area contributed by atoms with Gasteiger partial charge in [0.1, 0.15) is 0 Å². The van der Waals surface area contributed by atoms with Gasteiger partial charge in [-0.25, -0.2) is 0 Å². The van der Waals surface area contributed by atoms with Gasteiger partial charge in [-0.05, 0) is 37.9 Å². The Morgan fingerprint density at radius 2 is 1.81 bits per heavy atom. The minimum absolute atomic E-state index is 0.0203. The molecule has 1 aliphatic heterocycles. The number of benzene rings is 1. The van der Waals surface area contributed by atoms with Crippen LogP contribution in [-0.2, 0) is 11.2 Å². The molecule has 2 rings (SSSR count). The molecule has 116 valence electrons. The highest BCUT2D eigenvalue weighted by Crippen LogP contribution is 2.09. The molecule has 0 aromatic heterocycles. The number of amides is 1. The lowest BCUT2D eigenvalue weighted by Gasteiger charge is -2.22. The summed E-state index contributed by atoms with van der Waals surface area (Å²) in [5, 5.41) is 12.4. The summed E-state index contributed by atoms with van der Waals surface area (Å²) in [5.41, 5.74) is 1.13. The van der Waals surface area contributed by atoms with Gasteiger partial charge in [-0.1, -0.05) is 43.2 Å². The number of hydrogen-bond acceptors (Lipinski definition) is 3. The van der Waals surface area contributed by atoms with E-state index in [4.69, 9.17) is 0 Å². The van der Waals surface area contributed by atoms with Gasteiger partial charge in [-0.3, -0.25) is 9.69 Å². The van der Waals surface area contributed by atoms with E-state index in [-0.39, 0.29) is 18.6 Å². The molecule has 2 N–H and O–H groups in total. The smallest absolute Gasteiger partial charge is 0.234 e. The molecule has 1 atom stereocenters. The summed E-state index contributed by atoms with van der Waals surface area (Å²) in [6.07, 6.45) is 5.57. The number of carbonyl (C=O) groups is 1. The van der Waals surface area contributed by atoms with Crippen molar-refractivity contribution in [3.63, 3.8) is 0 Å². The van der Waals surface area contributed by atoms with Crippen molar-refractivity contribution in [1.29, 1.82) is 0 Å². The van der Waals surface area contributed by atoms with Gasteiger partial charge in [-0.15, -0.1) is 0 Å². The summed E-state index contributed by atoms with van der Waals surface area (Å²) in [6.45, 7) is 2.44. The third kappa shape index (κ3) is 5.86. The zero-order valence-electron chi connectivity index (χ0n) is 12.6. The molecule has 21 heavy (non-hydrogen) atoms. The SMILES string of the molecule is O=C(CN1CCCCCC1)N[C@H](CO)Cc1ccccc1. The number of nitrogens with zero attached hydrogens (tertiary/aromatic N) is 1. The van der Waals surface area contributed by atoms with Gasteiger partial charge in [0.25, 0.3) is 0 Å². The minimum atomic E-state index is -0.202. The highest BCUT2D eigenvalue weighted by Gasteiger charge is 2.16. The maximum absolute atomic E-state index is 12.1. The van der Waals surface area contributed by atoms with Gasteiger partial charge in [-0.2, -0.15) is 0 Å². The molecular formula is C17H26N2O2. The van der Waals surface area contributed by atoms with Gasteiger partial charge in [0.15, 0.2) is 0 Å². The number of rotatable bonds is 6. The molecule has 0 spiro atoms. The summed E-state index contributed by atoms with van der Waals surface area (Å²) in [5.74, 6) is 0.0203. The number of aliphatic hydroxyl groups excluding tert-OH is 1. The normalized spacial score (nSPS) is 18.0. The van der Waals surface area contributed by atoms with E-state index in [0.29, 0.717) is 13.0 Å². The van der Waals surface area contributed by atoms with Crippen LogP contribution in [0.5, 0.6) is 0 Å². The van der Waals surface area contributed by atoms with Crippen LogP contribution in [0.15, 0.2) is 30.3 Å². The number of carbonyl (C=O) groups excluding carboxylic acids is 1. The second-order valence-corrected chi connectivity index (χ2v) is 5.83. The maximum atomic E-state index is 12.1. The topological polar surface area (TPSA) is 52.6 Å². The van der Waals surface area contributed by atoms with Gasteiger partial charge in [0.05, 0.1) is 19.2 Å². The van der Waals surface area contributed by atoms with E-state index in [9.17, 15) is 9.90 Å². The van der Waals surface area contributed by atoms with Crippen molar-refractivity contribution in [3.8, 4) is 0 Å². The fourth-order valence-electron chi connectivity index (χ4n) is 2.83. The van der Waals surface area contributed by atoms with E-state index in [1.807, 2.05) is 30.3 Å². The van der Waals surface area contributed by atoms with Crippen LogP contribution in [0, 0.1) is 0 Å². The minimum Gasteiger partial charge on any atom is -0.394 e. The Morgan fingerprint density at radius 1 is 1.14 bits per heavy atom. The Bertz CT molecular complexity index is 414. The van der Waals surface area contributed by atoms with Gasteiger partial charge in [0.2, 0.25) is 5.91 Å². The predicted molar refractivity (Wildman–Crippen MR) is 84.1 cm³/mol. The fraction of sp³-hybridized carbons (Fsp3) is 0.588. The Morgan fingerprint density at radius 3 is 2.43 bits per heavy atom. The molecule has 1 amide bonds. The molecule has 1 fully saturated rings. The quantitative estimate of drug-likeness (QED) is 0.836. The fourth-order valence-corrected chi connectivity index (χ4v) is 2.83. The first-order valence-corrected chi connectivity index (χ1v) is 7.94. The Hall–Kier alpha value is -1.39. The van der Waals surface area contributed by atoms with E-state index < -0.39 is 0 Å². The monoisotopic (exact) mass is 290 g/mol. The molecule has 1 aliphatic rings. The van der Waals surface area contributed by atoms with Crippen molar-refractivity contribution in [2.24, 2.45) is 0 Å². The second-order valence-electron chi connectivity index (χ2n) is 5.83. The van der Waals surface area contributed by atoms with Crippen molar-refractivity contribution in [1.82, 2.24) is 10.2 Å². The number of hydrogen-bond donors (Lipinski definition) is 2. The molecule has 1 aromatic rings. The molecule has 1 heterocycles. The Labute approximate surface area is 127 Å². The predicted octanol–water partition coefficient (Wildman–Crippen LogP) is 1.58. The van der Waals surface area contributed by atoms with Crippen molar-refractivity contribution in [2.75, 3.05) is 26.2 Å². The van der Waals surface area contributed by atoms with E-state index in [0.717, 1.165) is 18.7 Å². The van der Waals surface area contributed by atoms with Crippen LogP contribution in [0.2, 0.25) is 0 Å². The van der Waals surface area contributed by atoms with Crippen LogP contribution in [0.4, 0.5) is 0 Å². The first-order chi connectivity index (χ1) is 10.3. The van der Waals surface area contributed by atoms with E-state index in [1.54, 1.807) is 0 Å². The van der Waals surface area contributed by atoms with Crippen molar-refractivity contribution < 1.29 is 9.90 Å². The highest BCUT2D eigenvalue weighted by molar-refractivity contribution is 5.78. The lowest BCUT2D eigenvalue weighted by Crippen LogP contribution is -2.44. The summed E-state index contributed by atoms with van der Waals surface area (Å²) in [4.78, 5) is 14.3. The summed E-state index contributed by atoms with van der Waals surface area (Å²) < 4.78 is 0. The first-order valence-electron chi connectivity index (χ1n) is 7.94. The highest BCUT2D eigenvalue weighted by atomic mass is 16.3. The lowest BCUT2D eigenvalue weighted by atomic mass is 10.1. The molecule has 1 saturated heterocycles. The van der Waals surface area contributed by atoms with Crippen molar-refractivity contribution in [3.05, 3.63) is 35.9 Å². The Kier molecular flexibility index (Phi) is 6.70. The van der Waals surface area contributed by atoms with Gasteiger partial charge in [0, 0.05) is 0 Å². The van der Waals surface area contributed by atoms with Gasteiger partial charge < -0.3 is 10.4 Å². The molecule has 0 aliphatic carbocycles. The van der Waals surface area contributed by atoms with E-state index >= 15 is 0 Å². The van der Waals surface area contributed by atoms with E-state index in [2.05, 4.69) is 10.2 Å². The lowest BCUT2D eigenvalue weighted by molar-refractivity contribution is -0.123. The number of aliphatic hydroxyl groups is 1. The average Bonchev–Trinajstić information content (AvgIpc) is 2.76. The first kappa shape index (κ1) is 16.0. The van der Waals surface area contributed by atoms with Gasteiger partial charge >= 0.3 is 0 Å². The summed E-state index contributed by atoms with van der Waals surface area (Å²) in [6, 6.07) is 9.75. The maximum Gasteiger partial charge on any atom is 0.234 e. The second kappa shape index (κ2) is 8.80. The van der Waals surface area contributed by atoms with Crippen LogP contribution in [-0.4, -0.2) is 48.2 Å². The molecule has 0 radical (unpaired) electrons. The van der Waals surface area contributed by atoms with Crippen molar-refractivity contribution >= 4 is 5.91 Å². The number of nitrogens with one attached hydrogen (secondary N) is 1. The van der Waals surface area contributed by atoms with Crippen LogP contribution >= 0.6 is 0 Å². The third-order valence-corrected chi connectivity index (χ3v) is 3.98. The molecule has 4 nitrogen and oxygen atoms in total. The van der Waals surface area contributed by atoms with Crippen molar-refractivity contribution in [2.45, 2.75) is 38.1 Å². The number of likely N-dealkylation sites (tertiary alicyclic amines) is 1. The molecule has 4 heteroatoms. The Balaban J connectivity index is 1.79. The zero-order chi connectivity index (χ0) is 14.9. The summed E-state index contributed by atoms with van der Waals surface area (Å²) >= 11 is 0. The molecule has 1 aromatic carbocycles. The van der Waals surface area contributed by atoms with E-state index in [1.165, 1.54) is 25.7 Å². The van der Waals surface area contributed by atoms with Crippen LogP contribution in [0.25, 0.3) is 0 Å². The van der Waals surface area contributed by atoms with Crippen LogP contribution in [0.1, 0.15) is 31.2 Å². The standard InChI is InChI=1S/C17H26N2O2/c20-14-16(12-15-8-4-3-5-9-15)18-17(21)13-19-10-6-1-2-7-11-19/h3-5,8-9,16,20H,1-2,6-7,10-14H2,(H,18,21)/t16-/m0/s1. The third-order valence-electron chi connectivity index (χ3n) is 3.98. The van der Waals surface area contributed by atoms with Crippen LogP contribution < -0.4 is 5.32 Å². The largest absolute Gasteiger partial charge is 0.394 e. The molecule has 0 unspecified atom stereocenters. The molecular weight excluding hydrogens is 264 g/mol. The van der Waals surface area contributed by atoms with Crippen LogP contribution in [0.3, 0.4) is 0 Å². The molecule has 0 bridgehead atoms. The molecule has 0 saturated carbocycles. The summed E-state index contributed by atoms with van der Waals surface area (Å²) in [7, 11) is 0. The average molecular weight is 290 g/mol. The zero-order valence-corrected chi connectivity index (χ0v) is 12.6.